The van der Waals surface area contributed by atoms with Gasteiger partial charge < -0.3 is 9.30 Å². The number of aromatic nitrogens is 1. The molecule has 2 nitrogen and oxygen atoms in total. The van der Waals surface area contributed by atoms with E-state index in [1.54, 1.807) is 6.08 Å². The Morgan fingerprint density at radius 3 is 1.77 bits per heavy atom. The molecule has 2 heterocycles. The van der Waals surface area contributed by atoms with Crippen molar-refractivity contribution < 1.29 is 0 Å². The third-order valence-corrected chi connectivity index (χ3v) is 16.4. The van der Waals surface area contributed by atoms with Gasteiger partial charge in [0.15, 0.2) is 0 Å². The lowest BCUT2D eigenvalue weighted by Gasteiger charge is -2.31. The van der Waals surface area contributed by atoms with Gasteiger partial charge >= 0.3 is 0 Å². The van der Waals surface area contributed by atoms with Crippen molar-refractivity contribution in [1.82, 2.24) is 4.40 Å². The number of hydrogen-bond donors (Lipinski definition) is 0. The molecule has 2 heteroatoms. The van der Waals surface area contributed by atoms with E-state index in [0.717, 1.165) is 42.7 Å². The van der Waals surface area contributed by atoms with E-state index in [9.17, 15) is 0 Å². The Balaban J connectivity index is 0.00000124. The molecule has 0 N–H and O–H groups in total. The topological polar surface area (TPSA) is 7.65 Å². The van der Waals surface area contributed by atoms with Gasteiger partial charge in [-0.3, -0.25) is 0 Å². The summed E-state index contributed by atoms with van der Waals surface area (Å²) in [5.74, 6) is 0.580. The van der Waals surface area contributed by atoms with Gasteiger partial charge in [0.2, 0.25) is 0 Å². The maximum atomic E-state index is 4.26. The molecule has 0 unspecified atom stereocenters. The molecule has 0 atom stereocenters. The third-order valence-electron chi connectivity index (χ3n) is 16.4. The highest BCUT2D eigenvalue weighted by Crippen LogP contribution is 2.48. The van der Waals surface area contributed by atoms with Crippen molar-refractivity contribution in [2.45, 2.75) is 92.4 Å². The summed E-state index contributed by atoms with van der Waals surface area (Å²) in [6.07, 6.45) is 15.6. The number of rotatable bonds is 15. The summed E-state index contributed by atoms with van der Waals surface area (Å²) in [7, 11) is 0. The number of anilines is 3. The first-order chi connectivity index (χ1) is 38.3. The van der Waals surface area contributed by atoms with Crippen molar-refractivity contribution in [2.24, 2.45) is 0 Å². The van der Waals surface area contributed by atoms with Crippen molar-refractivity contribution in [3.63, 3.8) is 0 Å². The molecular formula is C76H72N2. The summed E-state index contributed by atoms with van der Waals surface area (Å²) in [6.45, 7) is 21.1. The van der Waals surface area contributed by atoms with Crippen LogP contribution in [-0.4, -0.2) is 4.40 Å². The highest BCUT2D eigenvalue weighted by atomic mass is 15.1. The van der Waals surface area contributed by atoms with E-state index >= 15 is 0 Å². The number of aryl methyl sites for hydroxylation is 5. The fourth-order valence-electron chi connectivity index (χ4n) is 12.7. The van der Waals surface area contributed by atoms with Gasteiger partial charge in [-0.25, -0.2) is 0 Å². The lowest BCUT2D eigenvalue weighted by Crippen LogP contribution is -2.12. The maximum Gasteiger partial charge on any atom is 0.0617 e. The van der Waals surface area contributed by atoms with Gasteiger partial charge in [0.25, 0.3) is 0 Å². The van der Waals surface area contributed by atoms with Crippen LogP contribution in [0.3, 0.4) is 0 Å². The fraction of sp³-hybridized carbons (Fsp3) is 0.184. The monoisotopic (exact) mass is 1010 g/mol. The van der Waals surface area contributed by atoms with E-state index in [1.165, 1.54) is 141 Å². The molecule has 2 aromatic heterocycles. The van der Waals surface area contributed by atoms with Gasteiger partial charge in [0.1, 0.15) is 0 Å². The molecule has 12 rings (SSSR count). The number of benzene rings is 9. The zero-order valence-corrected chi connectivity index (χ0v) is 46.5. The molecule has 0 amide bonds. The van der Waals surface area contributed by atoms with Gasteiger partial charge in [-0.2, -0.15) is 0 Å². The second-order valence-electron chi connectivity index (χ2n) is 21.4. The van der Waals surface area contributed by atoms with E-state index in [1.807, 2.05) is 19.1 Å². The summed E-state index contributed by atoms with van der Waals surface area (Å²) in [5, 5.41) is 3.95. The average molecular weight is 1010 g/mol. The third kappa shape index (κ3) is 9.49. The van der Waals surface area contributed by atoms with Gasteiger partial charge in [-0.1, -0.05) is 216 Å². The van der Waals surface area contributed by atoms with E-state index in [2.05, 4.69) is 251 Å². The van der Waals surface area contributed by atoms with Gasteiger partial charge in [0, 0.05) is 44.5 Å². The Labute approximate surface area is 463 Å². The van der Waals surface area contributed by atoms with Crippen LogP contribution >= 0.6 is 0 Å². The smallest absolute Gasteiger partial charge is 0.0617 e. The Kier molecular flexibility index (Phi) is 15.0. The Bertz CT molecular complexity index is 3950. The molecule has 1 aliphatic carbocycles. The zero-order chi connectivity index (χ0) is 53.9. The van der Waals surface area contributed by atoms with Crippen molar-refractivity contribution in [1.29, 1.82) is 0 Å². The first kappa shape index (κ1) is 51.6. The summed E-state index contributed by atoms with van der Waals surface area (Å²) < 4.78 is 2.53. The van der Waals surface area contributed by atoms with Gasteiger partial charge in [-0.15, -0.1) is 0 Å². The van der Waals surface area contributed by atoms with Crippen LogP contribution in [0.25, 0.3) is 88.9 Å². The number of hydrogen-bond acceptors (Lipinski definition) is 1. The van der Waals surface area contributed by atoms with Crippen molar-refractivity contribution in [3.05, 3.63) is 259 Å². The first-order valence-corrected chi connectivity index (χ1v) is 28.4. The van der Waals surface area contributed by atoms with Crippen LogP contribution in [-0.2, 0) is 12.8 Å². The largest absolute Gasteiger partial charge is 0.312 e. The molecule has 0 aliphatic heterocycles. The zero-order valence-electron chi connectivity index (χ0n) is 46.5. The molecule has 9 aromatic carbocycles. The van der Waals surface area contributed by atoms with Crippen LogP contribution in [0.5, 0.6) is 0 Å². The normalized spacial score (nSPS) is 12.5. The number of nitrogens with zero attached hydrogens (tertiary/aromatic N) is 2. The summed E-state index contributed by atoms with van der Waals surface area (Å²) in [4.78, 5) is 2.45. The molecule has 386 valence electrons. The Hall–Kier alpha value is -8.46. The Morgan fingerprint density at radius 2 is 1.13 bits per heavy atom. The highest BCUT2D eigenvalue weighted by molar-refractivity contribution is 6.21. The molecule has 1 fully saturated rings. The first-order valence-electron chi connectivity index (χ1n) is 28.4. The van der Waals surface area contributed by atoms with Crippen LogP contribution in [0.2, 0.25) is 0 Å². The maximum absolute atomic E-state index is 4.26. The quantitative estimate of drug-likeness (QED) is 0.0929. The van der Waals surface area contributed by atoms with Crippen LogP contribution in [0.4, 0.5) is 17.1 Å². The van der Waals surface area contributed by atoms with Crippen LogP contribution < -0.4 is 4.90 Å². The van der Waals surface area contributed by atoms with E-state index in [0.29, 0.717) is 5.92 Å². The molecule has 11 aromatic rings. The average Bonchev–Trinajstić information content (AvgIpc) is 3.92. The summed E-state index contributed by atoms with van der Waals surface area (Å²) in [6, 6.07) is 70.8. The van der Waals surface area contributed by atoms with E-state index < -0.39 is 0 Å². The molecule has 1 saturated carbocycles. The van der Waals surface area contributed by atoms with E-state index in [4.69, 9.17) is 0 Å². The minimum Gasteiger partial charge on any atom is -0.312 e. The summed E-state index contributed by atoms with van der Waals surface area (Å²) in [5.41, 5.74) is 28.4. The second kappa shape index (κ2) is 22.6. The van der Waals surface area contributed by atoms with Gasteiger partial charge in [0.05, 0.1) is 11.0 Å². The van der Waals surface area contributed by atoms with Crippen LogP contribution in [0, 0.1) is 20.8 Å². The second-order valence-corrected chi connectivity index (χ2v) is 21.4. The molecule has 78 heavy (non-hydrogen) atoms. The minimum atomic E-state index is 0.580. The predicted molar refractivity (Wildman–Crippen MR) is 339 cm³/mol. The predicted octanol–water partition coefficient (Wildman–Crippen LogP) is 22.0. The van der Waals surface area contributed by atoms with Crippen molar-refractivity contribution in [2.75, 3.05) is 4.90 Å². The fourth-order valence-corrected chi connectivity index (χ4v) is 12.7. The highest BCUT2D eigenvalue weighted by Gasteiger charge is 2.27. The molecule has 0 spiro atoms. The molecule has 0 bridgehead atoms. The van der Waals surface area contributed by atoms with Gasteiger partial charge in [-0.05, 0) is 185 Å². The molecule has 0 saturated heterocycles. The van der Waals surface area contributed by atoms with Crippen LogP contribution in [0.15, 0.2) is 219 Å². The van der Waals surface area contributed by atoms with Crippen molar-refractivity contribution in [3.8, 4) is 55.6 Å². The number of para-hydroxylation sites is 1. The lowest BCUT2D eigenvalue weighted by atomic mass is 9.74. The number of allylic oxidation sites excluding steroid dienone is 3. The summed E-state index contributed by atoms with van der Waals surface area (Å²) >= 11 is 0. The number of fused-ring (bicyclic) bond motifs is 3. The van der Waals surface area contributed by atoms with Crippen molar-refractivity contribution >= 4 is 50.3 Å². The SMILES string of the molecule is C=C/C=C\C.C=Cc1c(CCC)n2c3cccc(-c4ccc(-c5c(C)cc(N(c6ccc(-c7ccccc7)cc6)c6ccc(-c7cccc(-c8ccccc8C)c7C7CCC7)cc6)cc5C)c(CCC)c4)c3c3cccc1c32. The minimum absolute atomic E-state index is 0.580. The van der Waals surface area contributed by atoms with E-state index in [-0.39, 0.29) is 0 Å². The Morgan fingerprint density at radius 1 is 0.526 bits per heavy atom. The lowest BCUT2D eigenvalue weighted by molar-refractivity contribution is 0.421. The van der Waals surface area contributed by atoms with Crippen LogP contribution in [0.1, 0.15) is 97.9 Å². The molecule has 1 aliphatic rings. The molecule has 0 radical (unpaired) electrons. The molecular weight excluding hydrogens is 941 g/mol. The standard InChI is InChI=1S/C71H64N2.C5H8/c1-7-19-53-45-54(61-28-18-32-67-70(61)65-31-17-30-64-58(9-3)66(20-8-2)73(67)71(64)65)37-42-62(53)68-47(5)43-57(44-48(68)6)72(55-38-33-50(34-39-55)49-22-11-10-12-23-49)56-40-35-51(36-41-56)60-27-16-29-63(69(60)52-24-15-25-52)59-26-14-13-21-46(59)4;1-3-5-4-2/h9-14,16-18,21-23,26-45,52H,3,7-8,15,19-20,24-25H2,1-2,4-6H3;3-5H,1H2,2H3/b;5-4-.